The Balaban J connectivity index is 2.49. The average Bonchev–Trinajstić information content (AvgIpc) is 2.69. The van der Waals surface area contributed by atoms with Gasteiger partial charge in [-0.2, -0.15) is 0 Å². The first-order valence-electron chi connectivity index (χ1n) is 4.51. The van der Waals surface area contributed by atoms with Crippen molar-refractivity contribution in [2.75, 3.05) is 0 Å². The molecule has 0 aliphatic rings. The van der Waals surface area contributed by atoms with Crippen LogP contribution in [0, 0.1) is 0 Å². The summed E-state index contributed by atoms with van der Waals surface area (Å²) in [4.78, 5) is 10.6. The first-order chi connectivity index (χ1) is 8.08. The summed E-state index contributed by atoms with van der Waals surface area (Å²) < 4.78 is 1.98. The van der Waals surface area contributed by atoms with E-state index in [1.807, 2.05) is 0 Å². The number of carbonyl (C=O) groups is 1. The Morgan fingerprint density at radius 3 is 3.00 bits per heavy atom. The molecule has 0 bridgehead atoms. The molecule has 0 radical (unpaired) electrons. The molecule has 0 saturated heterocycles. The fourth-order valence-corrected chi connectivity index (χ4v) is 1.86. The van der Waals surface area contributed by atoms with E-state index in [1.165, 1.54) is 4.68 Å². The number of halogens is 2. The number of aromatic nitrogens is 4. The lowest BCUT2D eigenvalue weighted by Crippen LogP contribution is -2.11. The molecule has 0 aliphatic carbocycles. The Kier molecular flexibility index (Phi) is 3.39. The van der Waals surface area contributed by atoms with Crippen molar-refractivity contribution in [2.45, 2.75) is 6.54 Å². The maximum absolute atomic E-state index is 10.6. The van der Waals surface area contributed by atoms with Gasteiger partial charge in [-0.1, -0.05) is 27.5 Å². The lowest BCUT2D eigenvalue weighted by atomic mass is 10.2. The standard InChI is InChI=1S/C9H6BrClN4O2/c10-5-1-2-7(11)6(3-5)9-12-13-14-15(9)4-8(16)17/h1-3H,4H2,(H,16,17). The zero-order valence-electron chi connectivity index (χ0n) is 8.34. The number of hydrogen-bond acceptors (Lipinski definition) is 4. The molecular weight excluding hydrogens is 311 g/mol. The van der Waals surface area contributed by atoms with Gasteiger partial charge in [-0.05, 0) is 28.6 Å². The van der Waals surface area contributed by atoms with Gasteiger partial charge in [0.15, 0.2) is 5.82 Å². The smallest absolute Gasteiger partial charge is 0.325 e. The average molecular weight is 318 g/mol. The van der Waals surface area contributed by atoms with Crippen molar-refractivity contribution in [3.63, 3.8) is 0 Å². The molecule has 0 saturated carbocycles. The van der Waals surface area contributed by atoms with Crippen LogP contribution < -0.4 is 0 Å². The van der Waals surface area contributed by atoms with Gasteiger partial charge < -0.3 is 5.11 Å². The largest absolute Gasteiger partial charge is 0.480 e. The molecule has 1 aromatic heterocycles. The number of carboxylic acid groups (broad SMARTS) is 1. The summed E-state index contributed by atoms with van der Waals surface area (Å²) in [5, 5.41) is 20.0. The molecule has 0 spiro atoms. The third-order valence-corrected chi connectivity index (χ3v) is 2.81. The van der Waals surface area contributed by atoms with E-state index in [2.05, 4.69) is 31.5 Å². The molecule has 0 unspecified atom stereocenters. The molecule has 6 nitrogen and oxygen atoms in total. The predicted molar refractivity (Wildman–Crippen MR) is 63.6 cm³/mol. The molecule has 0 atom stereocenters. The van der Waals surface area contributed by atoms with Gasteiger partial charge in [0.1, 0.15) is 6.54 Å². The van der Waals surface area contributed by atoms with Crippen LogP contribution in [0.2, 0.25) is 5.02 Å². The van der Waals surface area contributed by atoms with E-state index >= 15 is 0 Å². The Labute approximate surface area is 109 Å². The second-order valence-corrected chi connectivity index (χ2v) is 4.50. The third-order valence-electron chi connectivity index (χ3n) is 1.99. The number of hydrogen-bond donors (Lipinski definition) is 1. The SMILES string of the molecule is O=C(O)Cn1nnnc1-c1cc(Br)ccc1Cl. The van der Waals surface area contributed by atoms with E-state index in [0.29, 0.717) is 16.4 Å². The van der Waals surface area contributed by atoms with Crippen molar-refractivity contribution in [3.05, 3.63) is 27.7 Å². The van der Waals surface area contributed by atoms with Gasteiger partial charge >= 0.3 is 5.97 Å². The van der Waals surface area contributed by atoms with Gasteiger partial charge in [0.2, 0.25) is 0 Å². The number of nitrogens with zero attached hydrogens (tertiary/aromatic N) is 4. The number of rotatable bonds is 3. The molecule has 2 rings (SSSR count). The van der Waals surface area contributed by atoms with Crippen molar-refractivity contribution in [3.8, 4) is 11.4 Å². The first kappa shape index (κ1) is 12.0. The number of tetrazole rings is 1. The Morgan fingerprint density at radius 2 is 2.29 bits per heavy atom. The highest BCUT2D eigenvalue weighted by Crippen LogP contribution is 2.28. The number of benzene rings is 1. The van der Waals surface area contributed by atoms with Crippen LogP contribution in [0.4, 0.5) is 0 Å². The molecule has 0 amide bonds. The van der Waals surface area contributed by atoms with Crippen molar-refractivity contribution >= 4 is 33.5 Å². The van der Waals surface area contributed by atoms with Crippen LogP contribution in [-0.2, 0) is 11.3 Å². The fourth-order valence-electron chi connectivity index (χ4n) is 1.30. The molecule has 88 valence electrons. The van der Waals surface area contributed by atoms with Crippen molar-refractivity contribution in [2.24, 2.45) is 0 Å². The Morgan fingerprint density at radius 1 is 1.53 bits per heavy atom. The van der Waals surface area contributed by atoms with Crippen LogP contribution in [0.5, 0.6) is 0 Å². The molecule has 0 aliphatic heterocycles. The molecule has 1 aromatic carbocycles. The minimum atomic E-state index is -1.02. The van der Waals surface area contributed by atoms with Crippen LogP contribution >= 0.6 is 27.5 Å². The quantitative estimate of drug-likeness (QED) is 0.934. The number of carboxylic acids is 1. The van der Waals surface area contributed by atoms with Gasteiger partial charge in [0, 0.05) is 10.0 Å². The highest BCUT2D eigenvalue weighted by molar-refractivity contribution is 9.10. The van der Waals surface area contributed by atoms with Crippen LogP contribution in [0.1, 0.15) is 0 Å². The summed E-state index contributed by atoms with van der Waals surface area (Å²) in [6, 6.07) is 5.18. The van der Waals surface area contributed by atoms with Crippen molar-refractivity contribution < 1.29 is 9.90 Å². The van der Waals surface area contributed by atoms with Crippen LogP contribution in [0.15, 0.2) is 22.7 Å². The highest BCUT2D eigenvalue weighted by Gasteiger charge is 2.14. The Bertz CT molecular complexity index is 572. The predicted octanol–water partition coefficient (Wildman–Crippen LogP) is 1.84. The van der Waals surface area contributed by atoms with Gasteiger partial charge in [-0.15, -0.1) is 5.10 Å². The lowest BCUT2D eigenvalue weighted by molar-refractivity contribution is -0.137. The van der Waals surface area contributed by atoms with E-state index in [4.69, 9.17) is 16.7 Å². The molecular formula is C9H6BrClN4O2. The highest BCUT2D eigenvalue weighted by atomic mass is 79.9. The minimum Gasteiger partial charge on any atom is -0.480 e. The topological polar surface area (TPSA) is 80.9 Å². The lowest BCUT2D eigenvalue weighted by Gasteiger charge is -2.04. The second kappa shape index (κ2) is 4.80. The van der Waals surface area contributed by atoms with Crippen LogP contribution in [-0.4, -0.2) is 31.3 Å². The van der Waals surface area contributed by atoms with Gasteiger partial charge in [0.25, 0.3) is 0 Å². The van der Waals surface area contributed by atoms with E-state index in [-0.39, 0.29) is 6.54 Å². The first-order valence-corrected chi connectivity index (χ1v) is 5.68. The third kappa shape index (κ3) is 2.62. The van der Waals surface area contributed by atoms with E-state index < -0.39 is 5.97 Å². The molecule has 17 heavy (non-hydrogen) atoms. The molecule has 8 heteroatoms. The minimum absolute atomic E-state index is 0.314. The molecule has 1 N–H and O–H groups in total. The molecule has 0 fully saturated rings. The van der Waals surface area contributed by atoms with Crippen LogP contribution in [0.25, 0.3) is 11.4 Å². The summed E-state index contributed by atoms with van der Waals surface area (Å²) in [6.07, 6.45) is 0. The van der Waals surface area contributed by atoms with Crippen LogP contribution in [0.3, 0.4) is 0 Å². The summed E-state index contributed by atoms with van der Waals surface area (Å²) in [7, 11) is 0. The van der Waals surface area contributed by atoms with E-state index in [9.17, 15) is 4.79 Å². The second-order valence-electron chi connectivity index (χ2n) is 3.18. The molecule has 2 aromatic rings. The zero-order valence-corrected chi connectivity index (χ0v) is 10.7. The Hall–Kier alpha value is -1.47. The number of aliphatic carboxylic acids is 1. The zero-order chi connectivity index (χ0) is 12.4. The molecule has 1 heterocycles. The maximum atomic E-state index is 10.6. The maximum Gasteiger partial charge on any atom is 0.325 e. The summed E-state index contributed by atoms with van der Waals surface area (Å²) in [5.41, 5.74) is 0.576. The normalized spacial score (nSPS) is 10.5. The van der Waals surface area contributed by atoms with E-state index in [0.717, 1.165) is 4.47 Å². The monoisotopic (exact) mass is 316 g/mol. The summed E-state index contributed by atoms with van der Waals surface area (Å²) >= 11 is 9.32. The fraction of sp³-hybridized carbons (Fsp3) is 0.111. The van der Waals surface area contributed by atoms with Gasteiger partial charge in [-0.3, -0.25) is 4.79 Å². The summed E-state index contributed by atoms with van der Waals surface area (Å²) in [6.45, 7) is -0.314. The van der Waals surface area contributed by atoms with E-state index in [1.54, 1.807) is 18.2 Å². The van der Waals surface area contributed by atoms with Crippen molar-refractivity contribution in [1.29, 1.82) is 0 Å². The van der Waals surface area contributed by atoms with Gasteiger partial charge in [-0.25, -0.2) is 4.68 Å². The van der Waals surface area contributed by atoms with Gasteiger partial charge in [0.05, 0.1) is 5.02 Å². The van der Waals surface area contributed by atoms with Crippen molar-refractivity contribution in [1.82, 2.24) is 20.2 Å². The summed E-state index contributed by atoms with van der Waals surface area (Å²) in [5.74, 6) is -0.705.